The molecule has 4 rings (SSSR count). The van der Waals surface area contributed by atoms with Crippen LogP contribution in [0.2, 0.25) is 5.15 Å². The van der Waals surface area contributed by atoms with Crippen molar-refractivity contribution in [2.45, 2.75) is 33.2 Å². The van der Waals surface area contributed by atoms with E-state index in [9.17, 15) is 24.0 Å². The molecule has 0 amide bonds. The van der Waals surface area contributed by atoms with Gasteiger partial charge < -0.3 is 28.9 Å². The molecule has 0 aliphatic heterocycles. The number of carbonyl (C=O) groups excluding carboxylic acids is 5. The van der Waals surface area contributed by atoms with Crippen molar-refractivity contribution in [1.29, 1.82) is 0 Å². The third-order valence-electron chi connectivity index (χ3n) is 6.27. The third kappa shape index (κ3) is 16.9. The van der Waals surface area contributed by atoms with E-state index in [1.165, 1.54) is 0 Å². The summed E-state index contributed by atoms with van der Waals surface area (Å²) < 4.78 is 14.1. The first-order valence-corrected chi connectivity index (χ1v) is 17.4. The van der Waals surface area contributed by atoms with Crippen LogP contribution in [0.1, 0.15) is 58.3 Å². The van der Waals surface area contributed by atoms with Gasteiger partial charge in [-0.3, -0.25) is 9.59 Å². The number of esters is 3. The molecular formula is C39H39BrClN3O8. The van der Waals surface area contributed by atoms with Gasteiger partial charge >= 0.3 is 30.5 Å². The van der Waals surface area contributed by atoms with Crippen LogP contribution >= 0.6 is 27.5 Å². The molecule has 0 aliphatic carbocycles. The normalized spacial score (nSPS) is 9.98. The maximum absolute atomic E-state index is 11.8. The van der Waals surface area contributed by atoms with Crippen LogP contribution in [0.15, 0.2) is 97.1 Å². The number of benzene rings is 3. The number of aromatic amines is 1. The number of carbonyl (C=O) groups is 5. The summed E-state index contributed by atoms with van der Waals surface area (Å²) in [7, 11) is 0. The fourth-order valence-corrected chi connectivity index (χ4v) is 4.43. The summed E-state index contributed by atoms with van der Waals surface area (Å²) in [6, 6.07) is 28.2. The van der Waals surface area contributed by atoms with Gasteiger partial charge in [0.05, 0.1) is 37.1 Å². The van der Waals surface area contributed by atoms with Crippen LogP contribution in [-0.4, -0.2) is 72.2 Å². The number of nitrogens with zero attached hydrogens (tertiary/aromatic N) is 2. The lowest BCUT2D eigenvalue weighted by Gasteiger charge is -2.04. The molecule has 13 heteroatoms. The lowest BCUT2D eigenvalue weighted by Crippen LogP contribution is -2.23. The Balaban J connectivity index is 0.000000363. The second-order valence-corrected chi connectivity index (χ2v) is 10.9. The predicted molar refractivity (Wildman–Crippen MR) is 202 cm³/mol. The molecule has 1 unspecified atom stereocenters. The Morgan fingerprint density at radius 3 is 1.71 bits per heavy atom. The van der Waals surface area contributed by atoms with E-state index in [2.05, 4.69) is 35.3 Å². The molecule has 272 valence electrons. The summed E-state index contributed by atoms with van der Waals surface area (Å²) in [5.74, 6) is -1.58. The second kappa shape index (κ2) is 26.3. The number of ketones is 2. The average Bonchev–Trinajstić information content (AvgIpc) is 3.57. The smallest absolute Gasteiger partial charge is 0.390 e. The molecule has 0 radical (unpaired) electrons. The molecule has 0 spiro atoms. The molecular weight excluding hydrogens is 754 g/mol. The van der Waals surface area contributed by atoms with Gasteiger partial charge in [-0.25, -0.2) is 27.5 Å². The molecule has 3 aromatic carbocycles. The van der Waals surface area contributed by atoms with Crippen molar-refractivity contribution in [3.05, 3.63) is 142 Å². The maximum Gasteiger partial charge on any atom is 0.390 e. The van der Waals surface area contributed by atoms with Gasteiger partial charge in [0.15, 0.2) is 11.6 Å². The molecule has 0 bridgehead atoms. The number of nitrogens with one attached hydrogen (secondary N) is 1. The summed E-state index contributed by atoms with van der Waals surface area (Å²) in [5.41, 5.74) is 3.42. The summed E-state index contributed by atoms with van der Waals surface area (Å²) in [5, 5.41) is 0.708. The van der Waals surface area contributed by atoms with Crippen molar-refractivity contribution in [2.24, 2.45) is 0 Å². The molecule has 1 heterocycles. The Bertz CT molecular complexity index is 1790. The largest absolute Gasteiger partial charge is 0.462 e. The molecule has 11 nitrogen and oxygen atoms in total. The van der Waals surface area contributed by atoms with E-state index in [1.54, 1.807) is 57.2 Å². The first kappa shape index (κ1) is 44.5. The number of ether oxygens (including phenoxy) is 3. The Hall–Kier alpha value is -5.56. The van der Waals surface area contributed by atoms with Gasteiger partial charge in [-0.1, -0.05) is 119 Å². The highest BCUT2D eigenvalue weighted by Crippen LogP contribution is 2.25. The van der Waals surface area contributed by atoms with Gasteiger partial charge in [-0.2, -0.15) is 0 Å². The van der Waals surface area contributed by atoms with Crippen LogP contribution in [-0.2, 0) is 23.8 Å². The molecule has 0 saturated carbocycles. The summed E-state index contributed by atoms with van der Waals surface area (Å²) in [4.78, 5) is 64.8. The van der Waals surface area contributed by atoms with Gasteiger partial charge in [0, 0.05) is 16.8 Å². The van der Waals surface area contributed by atoms with E-state index in [0.29, 0.717) is 34.8 Å². The number of Topliss-reactive ketones (excluding diaryl/α,β-unsaturated/α-hetero) is 2. The van der Waals surface area contributed by atoms with Crippen LogP contribution in [0.3, 0.4) is 0 Å². The Kier molecular flexibility index (Phi) is 22.5. The molecule has 1 N–H and O–H groups in total. The van der Waals surface area contributed by atoms with Crippen molar-refractivity contribution < 1.29 is 38.2 Å². The van der Waals surface area contributed by atoms with Gasteiger partial charge in [0.25, 0.3) is 0 Å². The SMILES string of the molecule is CCOC(=O)c1cc(-c2ccccc2)[nH]c1Cl.O=C(CBr)c1ccccc1.[C-]#[N+]C(CC(=O)c1ccccc1)C(=O)OCC.[C-]#[N+]CC(=O)OCC. The number of hydrogen-bond donors (Lipinski definition) is 1. The molecule has 0 aliphatic rings. The first-order valence-electron chi connectivity index (χ1n) is 15.9. The van der Waals surface area contributed by atoms with Crippen molar-refractivity contribution in [3.8, 4) is 11.3 Å². The zero-order valence-corrected chi connectivity index (χ0v) is 31.3. The second-order valence-electron chi connectivity index (χ2n) is 9.93. The Morgan fingerprint density at radius 1 is 0.750 bits per heavy atom. The lowest BCUT2D eigenvalue weighted by molar-refractivity contribution is -0.143. The van der Waals surface area contributed by atoms with Crippen LogP contribution in [0, 0.1) is 13.1 Å². The van der Waals surface area contributed by atoms with E-state index in [4.69, 9.17) is 34.2 Å². The Morgan fingerprint density at radius 2 is 1.25 bits per heavy atom. The number of halogens is 2. The monoisotopic (exact) mass is 791 g/mol. The molecule has 52 heavy (non-hydrogen) atoms. The van der Waals surface area contributed by atoms with Crippen molar-refractivity contribution in [2.75, 3.05) is 31.7 Å². The summed E-state index contributed by atoms with van der Waals surface area (Å²) >= 11 is 9.07. The third-order valence-corrected chi connectivity index (χ3v) is 7.08. The Labute approximate surface area is 317 Å². The fraction of sp³-hybridized carbons (Fsp3) is 0.256. The average molecular weight is 793 g/mol. The minimum atomic E-state index is -1.04. The summed E-state index contributed by atoms with van der Waals surface area (Å²) in [6.07, 6.45) is -0.133. The van der Waals surface area contributed by atoms with Crippen molar-refractivity contribution in [3.63, 3.8) is 0 Å². The minimum absolute atomic E-state index is 0.126. The molecule has 0 saturated heterocycles. The van der Waals surface area contributed by atoms with Gasteiger partial charge in [-0.15, -0.1) is 0 Å². The highest BCUT2D eigenvalue weighted by molar-refractivity contribution is 9.09. The number of rotatable bonds is 12. The highest BCUT2D eigenvalue weighted by atomic mass is 79.9. The minimum Gasteiger partial charge on any atom is -0.462 e. The van der Waals surface area contributed by atoms with E-state index in [0.717, 1.165) is 16.8 Å². The number of alkyl halides is 1. The summed E-state index contributed by atoms with van der Waals surface area (Å²) in [6.45, 7) is 19.0. The molecule has 1 aromatic heterocycles. The van der Waals surface area contributed by atoms with Gasteiger partial charge in [0.1, 0.15) is 5.15 Å². The first-order chi connectivity index (χ1) is 25.1. The van der Waals surface area contributed by atoms with E-state index in [1.807, 2.05) is 60.7 Å². The zero-order valence-electron chi connectivity index (χ0n) is 29.0. The van der Waals surface area contributed by atoms with Crippen LogP contribution in [0.25, 0.3) is 20.9 Å². The molecule has 4 aromatic rings. The maximum atomic E-state index is 11.8. The lowest BCUT2D eigenvalue weighted by atomic mass is 10.0. The van der Waals surface area contributed by atoms with Gasteiger partial charge in [-0.05, 0) is 32.4 Å². The van der Waals surface area contributed by atoms with Crippen molar-refractivity contribution in [1.82, 2.24) is 4.98 Å². The van der Waals surface area contributed by atoms with Crippen LogP contribution < -0.4 is 0 Å². The quantitative estimate of drug-likeness (QED) is 0.0497. The zero-order chi connectivity index (χ0) is 38.7. The van der Waals surface area contributed by atoms with Gasteiger partial charge in [0.2, 0.25) is 0 Å². The highest BCUT2D eigenvalue weighted by Gasteiger charge is 2.28. The van der Waals surface area contributed by atoms with Crippen molar-refractivity contribution >= 4 is 57.0 Å². The topological polar surface area (TPSA) is 138 Å². The number of H-pyrrole nitrogens is 1. The van der Waals surface area contributed by atoms with Crippen LogP contribution in [0.4, 0.5) is 0 Å². The van der Waals surface area contributed by atoms with Crippen LogP contribution in [0.5, 0.6) is 0 Å². The van der Waals surface area contributed by atoms with E-state index in [-0.39, 0.29) is 31.1 Å². The molecule has 0 fully saturated rings. The standard InChI is InChI=1S/C13H12ClNO2.C13H13NO3.C8H7BrO.C5H7NO2/c1-2-17-13(16)10-8-11(15-12(10)14)9-6-4-3-5-7-9;1-3-17-13(16)11(14-2)9-12(15)10-7-5-4-6-8-10;9-6-8(10)7-4-2-1-3-5-7;1-3-8-5(7)4-6-2/h3-8,15H,2H2,1H3;4-8,11H,3,9H2,1H3;1-5H,6H2;3-4H2,1H3. The number of hydrogen-bond acceptors (Lipinski definition) is 8. The van der Waals surface area contributed by atoms with E-state index < -0.39 is 23.9 Å². The number of aromatic nitrogens is 1. The van der Waals surface area contributed by atoms with E-state index >= 15 is 0 Å². The molecule has 1 atom stereocenters. The fourth-order valence-electron chi connectivity index (χ4n) is 3.87. The predicted octanol–water partition coefficient (Wildman–Crippen LogP) is 8.36.